The molecule has 1 spiro atoms. The van der Waals surface area contributed by atoms with Gasteiger partial charge in [-0.3, -0.25) is 9.78 Å². The lowest BCUT2D eigenvalue weighted by atomic mass is 9.79. The van der Waals surface area contributed by atoms with E-state index in [4.69, 9.17) is 9.47 Å². The Morgan fingerprint density at radius 1 is 1.37 bits per heavy atom. The van der Waals surface area contributed by atoms with Crippen LogP contribution in [-0.4, -0.2) is 52.7 Å². The molecule has 6 nitrogen and oxygen atoms in total. The van der Waals surface area contributed by atoms with E-state index in [1.807, 2.05) is 0 Å². The molecule has 2 fully saturated rings. The van der Waals surface area contributed by atoms with Crippen molar-refractivity contribution in [2.45, 2.75) is 24.9 Å². The minimum absolute atomic E-state index is 0.142. The van der Waals surface area contributed by atoms with Crippen LogP contribution in [0.2, 0.25) is 0 Å². The highest BCUT2D eigenvalue weighted by molar-refractivity contribution is 5.94. The van der Waals surface area contributed by atoms with Gasteiger partial charge in [0.15, 0.2) is 0 Å². The average molecular weight is 371 g/mol. The molecular formula is C20H22FN3O3. The molecule has 2 aromatic rings. The number of rotatable bonds is 5. The molecule has 1 aromatic carbocycles. The molecule has 27 heavy (non-hydrogen) atoms. The predicted molar refractivity (Wildman–Crippen MR) is 95.9 cm³/mol. The minimum Gasteiger partial charge on any atom is -0.477 e. The Balaban J connectivity index is 1.27. The van der Waals surface area contributed by atoms with Crippen molar-refractivity contribution in [2.75, 3.05) is 26.3 Å². The highest BCUT2D eigenvalue weighted by atomic mass is 19.1. The zero-order valence-corrected chi connectivity index (χ0v) is 15.0. The Labute approximate surface area is 157 Å². The summed E-state index contributed by atoms with van der Waals surface area (Å²) in [5.74, 6) is 0.488. The van der Waals surface area contributed by atoms with Crippen molar-refractivity contribution in [2.24, 2.45) is 5.92 Å². The van der Waals surface area contributed by atoms with Gasteiger partial charge < -0.3 is 14.4 Å². The molecule has 142 valence electrons. The van der Waals surface area contributed by atoms with Gasteiger partial charge in [0, 0.05) is 24.6 Å². The maximum atomic E-state index is 13.3. The van der Waals surface area contributed by atoms with Crippen LogP contribution in [0.25, 0.3) is 0 Å². The maximum Gasteiger partial charge on any atom is 0.254 e. The van der Waals surface area contributed by atoms with Crippen molar-refractivity contribution in [1.29, 1.82) is 0 Å². The van der Waals surface area contributed by atoms with E-state index >= 15 is 0 Å². The van der Waals surface area contributed by atoms with Crippen LogP contribution >= 0.6 is 0 Å². The van der Waals surface area contributed by atoms with Crippen LogP contribution in [0.5, 0.6) is 5.88 Å². The number of halogens is 1. The highest BCUT2D eigenvalue weighted by Crippen LogP contribution is 2.38. The number of carbonyl (C=O) groups excluding carboxylic acids is 1. The first kappa shape index (κ1) is 17.9. The lowest BCUT2D eigenvalue weighted by Crippen LogP contribution is -2.66. The number of likely N-dealkylation sites (tertiary alicyclic amines) is 1. The standard InChI is InChI=1S/C20H22FN3O3/c21-17-3-1-2-16(10-17)19(25)24-13-20(14-24)11-15(5-9-27-20)4-8-26-18-12-22-6-7-23-18/h1-3,6-7,10,12,15H,4-5,8-9,11,13-14H2/t15-/m1/s1. The molecular weight excluding hydrogens is 349 g/mol. The van der Waals surface area contributed by atoms with E-state index in [1.165, 1.54) is 12.1 Å². The van der Waals surface area contributed by atoms with E-state index in [0.29, 0.717) is 43.7 Å². The summed E-state index contributed by atoms with van der Waals surface area (Å²) in [7, 11) is 0. The van der Waals surface area contributed by atoms with E-state index in [-0.39, 0.29) is 11.5 Å². The number of hydrogen-bond acceptors (Lipinski definition) is 5. The molecule has 1 atom stereocenters. The van der Waals surface area contributed by atoms with E-state index in [2.05, 4.69) is 9.97 Å². The number of benzene rings is 1. The average Bonchev–Trinajstić information content (AvgIpc) is 2.66. The first-order chi connectivity index (χ1) is 13.1. The Morgan fingerprint density at radius 2 is 2.26 bits per heavy atom. The zero-order chi connectivity index (χ0) is 18.7. The number of carbonyl (C=O) groups is 1. The molecule has 2 aliphatic rings. The van der Waals surface area contributed by atoms with E-state index in [0.717, 1.165) is 19.3 Å². The molecule has 1 amide bonds. The van der Waals surface area contributed by atoms with Crippen molar-refractivity contribution in [1.82, 2.24) is 14.9 Å². The van der Waals surface area contributed by atoms with Gasteiger partial charge in [0.05, 0.1) is 25.9 Å². The summed E-state index contributed by atoms with van der Waals surface area (Å²) in [6.45, 7) is 2.40. The first-order valence-corrected chi connectivity index (χ1v) is 9.21. The van der Waals surface area contributed by atoms with Gasteiger partial charge in [0.25, 0.3) is 5.91 Å². The van der Waals surface area contributed by atoms with Crippen molar-refractivity contribution in [3.05, 3.63) is 54.2 Å². The molecule has 0 unspecified atom stereocenters. The van der Waals surface area contributed by atoms with Gasteiger partial charge in [-0.05, 0) is 43.4 Å². The summed E-state index contributed by atoms with van der Waals surface area (Å²) >= 11 is 0. The molecule has 7 heteroatoms. The van der Waals surface area contributed by atoms with E-state index in [9.17, 15) is 9.18 Å². The Bertz CT molecular complexity index is 796. The van der Waals surface area contributed by atoms with Crippen LogP contribution in [-0.2, 0) is 4.74 Å². The normalized spacial score (nSPS) is 20.9. The lowest BCUT2D eigenvalue weighted by Gasteiger charge is -2.53. The van der Waals surface area contributed by atoms with Gasteiger partial charge in [-0.25, -0.2) is 9.37 Å². The second kappa shape index (κ2) is 7.60. The van der Waals surface area contributed by atoms with Crippen LogP contribution in [0.1, 0.15) is 29.6 Å². The monoisotopic (exact) mass is 371 g/mol. The van der Waals surface area contributed by atoms with Crippen LogP contribution in [0, 0.1) is 11.7 Å². The second-order valence-electron chi connectivity index (χ2n) is 7.24. The molecule has 0 radical (unpaired) electrons. The van der Waals surface area contributed by atoms with Crippen LogP contribution < -0.4 is 4.74 Å². The van der Waals surface area contributed by atoms with Crippen molar-refractivity contribution >= 4 is 5.91 Å². The smallest absolute Gasteiger partial charge is 0.254 e. The van der Waals surface area contributed by atoms with Crippen molar-refractivity contribution in [3.8, 4) is 5.88 Å². The molecule has 0 aliphatic carbocycles. The molecule has 2 saturated heterocycles. The Morgan fingerprint density at radius 3 is 3.04 bits per heavy atom. The SMILES string of the molecule is O=C(c1cccc(F)c1)N1CC2(C[C@H](CCOc3cnccn3)CCO2)C1. The Hall–Kier alpha value is -2.54. The topological polar surface area (TPSA) is 64.6 Å². The summed E-state index contributed by atoms with van der Waals surface area (Å²) in [5, 5.41) is 0. The summed E-state index contributed by atoms with van der Waals surface area (Å²) in [6.07, 6.45) is 7.64. The molecule has 3 heterocycles. The number of hydrogen-bond donors (Lipinski definition) is 0. The largest absolute Gasteiger partial charge is 0.477 e. The molecule has 4 rings (SSSR count). The molecule has 0 bridgehead atoms. The lowest BCUT2D eigenvalue weighted by molar-refractivity contribution is -0.166. The van der Waals surface area contributed by atoms with Gasteiger partial charge in [0.2, 0.25) is 5.88 Å². The first-order valence-electron chi connectivity index (χ1n) is 9.21. The van der Waals surface area contributed by atoms with Gasteiger partial charge in [-0.2, -0.15) is 0 Å². The number of amides is 1. The van der Waals surface area contributed by atoms with Gasteiger partial charge in [-0.1, -0.05) is 6.07 Å². The van der Waals surface area contributed by atoms with Crippen molar-refractivity contribution < 1.29 is 18.7 Å². The molecule has 1 aromatic heterocycles. The maximum absolute atomic E-state index is 13.3. The third-order valence-corrected chi connectivity index (χ3v) is 5.23. The predicted octanol–water partition coefficient (Wildman–Crippen LogP) is 2.71. The summed E-state index contributed by atoms with van der Waals surface area (Å²) in [5.41, 5.74) is 0.118. The fraction of sp³-hybridized carbons (Fsp3) is 0.450. The molecule has 0 N–H and O–H groups in total. The molecule has 0 saturated carbocycles. The van der Waals surface area contributed by atoms with Gasteiger partial charge >= 0.3 is 0 Å². The number of aromatic nitrogens is 2. The Kier molecular flexibility index (Phi) is 5.03. The quantitative estimate of drug-likeness (QED) is 0.809. The zero-order valence-electron chi connectivity index (χ0n) is 15.0. The fourth-order valence-electron chi connectivity index (χ4n) is 3.88. The van der Waals surface area contributed by atoms with Crippen LogP contribution in [0.15, 0.2) is 42.9 Å². The van der Waals surface area contributed by atoms with Gasteiger partial charge in [-0.15, -0.1) is 0 Å². The number of nitrogens with zero attached hydrogens (tertiary/aromatic N) is 3. The number of ether oxygens (including phenoxy) is 2. The molecule has 2 aliphatic heterocycles. The highest BCUT2D eigenvalue weighted by Gasteiger charge is 2.49. The minimum atomic E-state index is -0.395. The van der Waals surface area contributed by atoms with E-state index < -0.39 is 5.82 Å². The van der Waals surface area contributed by atoms with E-state index in [1.54, 1.807) is 35.6 Å². The summed E-state index contributed by atoms with van der Waals surface area (Å²) < 4.78 is 25.0. The van der Waals surface area contributed by atoms with Crippen LogP contribution in [0.4, 0.5) is 4.39 Å². The van der Waals surface area contributed by atoms with Crippen LogP contribution in [0.3, 0.4) is 0 Å². The third kappa shape index (κ3) is 4.08. The summed E-state index contributed by atoms with van der Waals surface area (Å²) in [4.78, 5) is 22.3. The fourth-order valence-corrected chi connectivity index (χ4v) is 3.88. The third-order valence-electron chi connectivity index (χ3n) is 5.23. The van der Waals surface area contributed by atoms with Gasteiger partial charge in [0.1, 0.15) is 11.4 Å². The second-order valence-corrected chi connectivity index (χ2v) is 7.24. The van der Waals surface area contributed by atoms with Crippen molar-refractivity contribution in [3.63, 3.8) is 0 Å². The summed E-state index contributed by atoms with van der Waals surface area (Å²) in [6, 6.07) is 5.82.